The van der Waals surface area contributed by atoms with Crippen LogP contribution in [0.25, 0.3) is 89.5 Å². The number of para-hydroxylation sites is 3. The fourth-order valence-electron chi connectivity index (χ4n) is 7.56. The third-order valence-electron chi connectivity index (χ3n) is 9.68. The molecule has 0 aliphatic heterocycles. The minimum absolute atomic E-state index is 0.180. The van der Waals surface area contributed by atoms with Crippen molar-refractivity contribution < 1.29 is 5.11 Å². The van der Waals surface area contributed by atoms with E-state index in [1.54, 1.807) is 6.07 Å². The molecular formula is C44H28N4O. The van der Waals surface area contributed by atoms with Gasteiger partial charge in [0.05, 0.1) is 22.5 Å². The molecule has 0 atom stereocenters. The Morgan fingerprint density at radius 1 is 0.449 bits per heavy atom. The highest BCUT2D eigenvalue weighted by molar-refractivity contribution is 6.08. The van der Waals surface area contributed by atoms with Crippen molar-refractivity contribution in [1.82, 2.24) is 19.1 Å². The Morgan fingerprint density at radius 2 is 1.06 bits per heavy atom. The van der Waals surface area contributed by atoms with Gasteiger partial charge in [-0.05, 0) is 76.9 Å². The zero-order valence-electron chi connectivity index (χ0n) is 26.3. The van der Waals surface area contributed by atoms with Crippen molar-refractivity contribution in [3.63, 3.8) is 0 Å². The highest BCUT2D eigenvalue weighted by atomic mass is 16.3. The Hall–Kier alpha value is -6.72. The van der Waals surface area contributed by atoms with Gasteiger partial charge in [-0.3, -0.25) is 9.13 Å². The number of aromatic nitrogens is 4. The lowest BCUT2D eigenvalue weighted by Crippen LogP contribution is -2.03. The Balaban J connectivity index is 1.38. The summed E-state index contributed by atoms with van der Waals surface area (Å²) in [5, 5.41) is 13.5. The number of fused-ring (bicyclic) bond motifs is 11. The number of hydrogen-bond donors (Lipinski definition) is 1. The Kier molecular flexibility index (Phi) is 5.96. The van der Waals surface area contributed by atoms with Gasteiger partial charge in [0.25, 0.3) is 0 Å². The molecule has 1 aliphatic carbocycles. The molecule has 10 rings (SSSR count). The van der Waals surface area contributed by atoms with Crippen molar-refractivity contribution in [3.8, 4) is 73.3 Å². The number of phenolic OH excluding ortho intramolecular Hbond substituents is 1. The molecule has 9 aromatic rings. The maximum Gasteiger partial charge on any atom is 0.149 e. The van der Waals surface area contributed by atoms with Gasteiger partial charge in [-0.1, -0.05) is 103 Å². The molecule has 0 bridgehead atoms. The normalized spacial score (nSPS) is 11.8. The van der Waals surface area contributed by atoms with Gasteiger partial charge in [-0.15, -0.1) is 0 Å². The Labute approximate surface area is 282 Å². The summed E-state index contributed by atoms with van der Waals surface area (Å²) < 4.78 is 4.46. The maximum atomic E-state index is 11.2. The van der Waals surface area contributed by atoms with Gasteiger partial charge < -0.3 is 5.11 Å². The second-order valence-corrected chi connectivity index (χ2v) is 12.4. The van der Waals surface area contributed by atoms with Crippen LogP contribution in [0.1, 0.15) is 0 Å². The lowest BCUT2D eigenvalue weighted by molar-refractivity contribution is 0.477. The van der Waals surface area contributed by atoms with E-state index in [4.69, 9.17) is 9.97 Å². The highest BCUT2D eigenvalue weighted by Gasteiger charge is 2.30. The van der Waals surface area contributed by atoms with E-state index < -0.39 is 0 Å². The fourth-order valence-corrected chi connectivity index (χ4v) is 7.56. The second-order valence-electron chi connectivity index (χ2n) is 12.4. The van der Waals surface area contributed by atoms with E-state index in [1.807, 2.05) is 48.7 Å². The van der Waals surface area contributed by atoms with E-state index in [-0.39, 0.29) is 5.75 Å². The van der Waals surface area contributed by atoms with Crippen LogP contribution in [0, 0.1) is 0 Å². The summed E-state index contributed by atoms with van der Waals surface area (Å²) in [6.07, 6.45) is 1.86. The number of aromatic hydroxyl groups is 1. The molecule has 5 heteroatoms. The van der Waals surface area contributed by atoms with Crippen molar-refractivity contribution >= 4 is 21.9 Å². The molecule has 0 fully saturated rings. The van der Waals surface area contributed by atoms with E-state index in [0.717, 1.165) is 78.1 Å². The highest BCUT2D eigenvalue weighted by Crippen LogP contribution is 2.50. The maximum absolute atomic E-state index is 11.2. The van der Waals surface area contributed by atoms with Gasteiger partial charge in [0.15, 0.2) is 0 Å². The first-order valence-electron chi connectivity index (χ1n) is 16.4. The predicted octanol–water partition coefficient (Wildman–Crippen LogP) is 10.7. The molecule has 0 amide bonds. The molecule has 49 heavy (non-hydrogen) atoms. The van der Waals surface area contributed by atoms with Gasteiger partial charge in [-0.25, -0.2) is 9.97 Å². The largest absolute Gasteiger partial charge is 0.507 e. The van der Waals surface area contributed by atoms with E-state index >= 15 is 0 Å². The van der Waals surface area contributed by atoms with E-state index in [2.05, 4.69) is 118 Å². The van der Waals surface area contributed by atoms with Crippen LogP contribution >= 0.6 is 0 Å². The molecule has 1 N–H and O–H groups in total. The summed E-state index contributed by atoms with van der Waals surface area (Å²) in [6, 6.07) is 54.3. The van der Waals surface area contributed by atoms with Crippen molar-refractivity contribution in [2.24, 2.45) is 0 Å². The summed E-state index contributed by atoms with van der Waals surface area (Å²) in [6.45, 7) is 0. The SMILES string of the molecule is Oc1ccccc1-c1nc2c(n1-c1ccccc1)-c1ccccc1-c1ccccc1-c1ccc(-n3c4ccccc4c4cccnc43)cc1-2. The number of phenols is 1. The van der Waals surface area contributed by atoms with Crippen molar-refractivity contribution in [3.05, 3.63) is 164 Å². The summed E-state index contributed by atoms with van der Waals surface area (Å²) in [5.41, 5.74) is 13.0. The number of pyridine rings is 1. The molecule has 0 radical (unpaired) electrons. The van der Waals surface area contributed by atoms with Crippen LogP contribution < -0.4 is 0 Å². The molecule has 3 aromatic heterocycles. The Bertz CT molecular complexity index is 2680. The first kappa shape index (κ1) is 27.4. The molecule has 5 nitrogen and oxygen atoms in total. The van der Waals surface area contributed by atoms with Crippen LogP contribution in [0.3, 0.4) is 0 Å². The molecule has 6 aromatic carbocycles. The number of nitrogens with zero attached hydrogens (tertiary/aromatic N) is 4. The van der Waals surface area contributed by atoms with Crippen LogP contribution in [-0.4, -0.2) is 24.2 Å². The van der Waals surface area contributed by atoms with E-state index in [9.17, 15) is 5.11 Å². The molecule has 1 aliphatic rings. The molecule has 0 spiro atoms. The zero-order valence-corrected chi connectivity index (χ0v) is 26.3. The number of hydrogen-bond acceptors (Lipinski definition) is 3. The van der Waals surface area contributed by atoms with Crippen molar-refractivity contribution in [2.75, 3.05) is 0 Å². The first-order chi connectivity index (χ1) is 24.3. The summed E-state index contributed by atoms with van der Waals surface area (Å²) >= 11 is 0. The molecule has 3 heterocycles. The average molecular weight is 629 g/mol. The minimum Gasteiger partial charge on any atom is -0.507 e. The quantitative estimate of drug-likeness (QED) is 0.212. The van der Waals surface area contributed by atoms with Gasteiger partial charge >= 0.3 is 0 Å². The summed E-state index contributed by atoms with van der Waals surface area (Å²) in [5.74, 6) is 0.851. The monoisotopic (exact) mass is 628 g/mol. The number of imidazole rings is 1. The smallest absolute Gasteiger partial charge is 0.149 e. The van der Waals surface area contributed by atoms with E-state index in [0.29, 0.717) is 11.4 Å². The third kappa shape index (κ3) is 4.06. The lowest BCUT2D eigenvalue weighted by atomic mass is 9.84. The molecule has 0 saturated carbocycles. The van der Waals surface area contributed by atoms with Crippen LogP contribution in [0.2, 0.25) is 0 Å². The summed E-state index contributed by atoms with van der Waals surface area (Å²) in [7, 11) is 0. The van der Waals surface area contributed by atoms with Crippen LogP contribution in [0.5, 0.6) is 5.75 Å². The molecule has 0 saturated heterocycles. The van der Waals surface area contributed by atoms with Crippen molar-refractivity contribution in [2.45, 2.75) is 0 Å². The Morgan fingerprint density at radius 3 is 1.84 bits per heavy atom. The van der Waals surface area contributed by atoms with E-state index in [1.165, 1.54) is 0 Å². The van der Waals surface area contributed by atoms with Crippen LogP contribution in [-0.2, 0) is 0 Å². The van der Waals surface area contributed by atoms with Gasteiger partial charge in [0.1, 0.15) is 17.2 Å². The summed E-state index contributed by atoms with van der Waals surface area (Å²) in [4.78, 5) is 10.4. The molecule has 0 unspecified atom stereocenters. The molecule has 230 valence electrons. The molecular weight excluding hydrogens is 601 g/mol. The number of benzene rings is 6. The van der Waals surface area contributed by atoms with Gasteiger partial charge in [-0.2, -0.15) is 0 Å². The van der Waals surface area contributed by atoms with Crippen molar-refractivity contribution in [1.29, 1.82) is 0 Å². The van der Waals surface area contributed by atoms with Gasteiger partial charge in [0.2, 0.25) is 0 Å². The predicted molar refractivity (Wildman–Crippen MR) is 198 cm³/mol. The average Bonchev–Trinajstić information content (AvgIpc) is 3.71. The minimum atomic E-state index is 0.180. The van der Waals surface area contributed by atoms with Gasteiger partial charge in [0, 0.05) is 39.5 Å². The first-order valence-corrected chi connectivity index (χ1v) is 16.4. The lowest BCUT2D eigenvalue weighted by Gasteiger charge is -2.23. The second kappa shape index (κ2) is 10.7. The third-order valence-corrected chi connectivity index (χ3v) is 9.68. The standard InChI is InChI=1S/C44H28N4O/c49-40-23-11-9-20-37(40)44-46-41-38-27-29(47-39-22-10-8-18-34(39)36-21-12-26-45-43(36)47)24-25-33(38)31-16-5-4-15-30(31)32-17-6-7-19-35(32)42(41)48(44)28-13-2-1-3-14-28/h1-27,49H. The van der Waals surface area contributed by atoms with Crippen LogP contribution in [0.15, 0.2) is 164 Å². The topological polar surface area (TPSA) is 55.9 Å². The zero-order chi connectivity index (χ0) is 32.5. The van der Waals surface area contributed by atoms with Crippen LogP contribution in [0.4, 0.5) is 0 Å². The number of rotatable bonds is 3. The fraction of sp³-hybridized carbons (Fsp3) is 0.